The lowest BCUT2D eigenvalue weighted by molar-refractivity contribution is 0.0951. The van der Waals surface area contributed by atoms with Crippen molar-refractivity contribution in [2.75, 3.05) is 13.2 Å². The number of rotatable bonds is 7. The molecular weight excluding hydrogens is 429 g/mol. The van der Waals surface area contributed by atoms with E-state index >= 15 is 0 Å². The zero-order chi connectivity index (χ0) is 20.5. The minimum Gasteiger partial charge on any atom is -0.490 e. The summed E-state index contributed by atoms with van der Waals surface area (Å²) in [7, 11) is 0. The molecule has 28 heavy (non-hydrogen) atoms. The normalized spacial score (nSPS) is 10.2. The Bertz CT molecular complexity index is 993. The number of terminal acetylenes is 1. The standard InChI is InChI=1S/C20H15BrFN3O3/c1-3-7-28-19-10-16(21)14(9-18(19)27-4-2)12-24-25-20(26)15-6-5-13(11-23)8-17(15)22/h1,5-6,8-10,12H,4,7H2,2H3,(H,25,26)/b24-12-. The summed E-state index contributed by atoms with van der Waals surface area (Å²) >= 11 is 3.38. The van der Waals surface area contributed by atoms with Gasteiger partial charge in [-0.3, -0.25) is 4.79 Å². The summed E-state index contributed by atoms with van der Waals surface area (Å²) in [4.78, 5) is 12.1. The summed E-state index contributed by atoms with van der Waals surface area (Å²) in [6.07, 6.45) is 6.58. The number of amides is 1. The Morgan fingerprint density at radius 2 is 2.11 bits per heavy atom. The third-order valence-corrected chi connectivity index (χ3v) is 4.07. The van der Waals surface area contributed by atoms with Crippen molar-refractivity contribution in [2.24, 2.45) is 5.10 Å². The van der Waals surface area contributed by atoms with Crippen LogP contribution in [-0.2, 0) is 0 Å². The number of carbonyl (C=O) groups is 1. The van der Waals surface area contributed by atoms with Gasteiger partial charge in [0.2, 0.25) is 0 Å². The summed E-state index contributed by atoms with van der Waals surface area (Å²) in [5.41, 5.74) is 2.74. The zero-order valence-corrected chi connectivity index (χ0v) is 16.4. The van der Waals surface area contributed by atoms with E-state index in [-0.39, 0.29) is 17.7 Å². The summed E-state index contributed by atoms with van der Waals surface area (Å²) in [5, 5.41) is 12.6. The SMILES string of the molecule is C#CCOc1cc(Br)c(/C=N\NC(=O)c2ccc(C#N)cc2F)cc1OCC. The Labute approximate surface area is 170 Å². The van der Waals surface area contributed by atoms with Crippen molar-refractivity contribution in [2.45, 2.75) is 6.92 Å². The van der Waals surface area contributed by atoms with Gasteiger partial charge < -0.3 is 9.47 Å². The number of hydrogen-bond acceptors (Lipinski definition) is 5. The number of benzene rings is 2. The molecule has 0 aliphatic rings. The van der Waals surface area contributed by atoms with Crippen LogP contribution in [0.1, 0.15) is 28.4 Å². The molecule has 0 saturated carbocycles. The predicted octanol–water partition coefficient (Wildman–Crippen LogP) is 3.63. The number of ether oxygens (including phenoxy) is 2. The van der Waals surface area contributed by atoms with Crippen LogP contribution in [0.5, 0.6) is 11.5 Å². The highest BCUT2D eigenvalue weighted by Crippen LogP contribution is 2.33. The molecule has 0 aromatic heterocycles. The van der Waals surface area contributed by atoms with Gasteiger partial charge in [0.05, 0.1) is 30.0 Å². The van der Waals surface area contributed by atoms with Crippen LogP contribution in [0.15, 0.2) is 39.9 Å². The minimum absolute atomic E-state index is 0.0894. The molecule has 142 valence electrons. The van der Waals surface area contributed by atoms with Gasteiger partial charge in [0.25, 0.3) is 5.91 Å². The Morgan fingerprint density at radius 3 is 2.75 bits per heavy atom. The number of carbonyl (C=O) groups excluding carboxylic acids is 1. The van der Waals surface area contributed by atoms with E-state index < -0.39 is 11.7 Å². The molecule has 1 N–H and O–H groups in total. The molecule has 0 spiro atoms. The van der Waals surface area contributed by atoms with Gasteiger partial charge in [-0.1, -0.05) is 5.92 Å². The molecular formula is C20H15BrFN3O3. The maximum atomic E-state index is 13.9. The first-order chi connectivity index (χ1) is 13.5. The molecule has 0 heterocycles. The Kier molecular flexibility index (Phi) is 7.55. The van der Waals surface area contributed by atoms with Crippen LogP contribution in [0.4, 0.5) is 4.39 Å². The molecule has 2 aromatic rings. The van der Waals surface area contributed by atoms with Crippen LogP contribution >= 0.6 is 15.9 Å². The maximum Gasteiger partial charge on any atom is 0.274 e. The highest BCUT2D eigenvalue weighted by molar-refractivity contribution is 9.10. The second-order valence-corrected chi connectivity index (χ2v) is 6.11. The van der Waals surface area contributed by atoms with Crippen LogP contribution in [0, 0.1) is 29.5 Å². The molecule has 2 aromatic carbocycles. The summed E-state index contributed by atoms with van der Waals surface area (Å²) in [5.74, 6) is 1.76. The molecule has 0 aliphatic carbocycles. The van der Waals surface area contributed by atoms with Crippen LogP contribution < -0.4 is 14.9 Å². The summed E-state index contributed by atoms with van der Waals surface area (Å²) in [6.45, 7) is 2.33. The van der Waals surface area contributed by atoms with Gasteiger partial charge in [0.1, 0.15) is 12.4 Å². The molecule has 0 bridgehead atoms. The number of halogens is 2. The van der Waals surface area contributed by atoms with Crippen molar-refractivity contribution in [1.29, 1.82) is 5.26 Å². The average Bonchev–Trinajstić information content (AvgIpc) is 2.68. The number of hydrogen-bond donors (Lipinski definition) is 1. The van der Waals surface area contributed by atoms with E-state index in [0.29, 0.717) is 28.1 Å². The summed E-state index contributed by atoms with van der Waals surface area (Å²) < 4.78 is 25.5. The third kappa shape index (κ3) is 5.32. The Balaban J connectivity index is 2.17. The molecule has 0 aliphatic heterocycles. The zero-order valence-electron chi connectivity index (χ0n) is 14.8. The lowest BCUT2D eigenvalue weighted by Gasteiger charge is -2.12. The first-order valence-corrected chi connectivity index (χ1v) is 8.85. The van der Waals surface area contributed by atoms with E-state index in [9.17, 15) is 9.18 Å². The van der Waals surface area contributed by atoms with Gasteiger partial charge in [0, 0.05) is 10.0 Å². The second kappa shape index (κ2) is 10.1. The van der Waals surface area contributed by atoms with Crippen molar-refractivity contribution < 1.29 is 18.7 Å². The van der Waals surface area contributed by atoms with Gasteiger partial charge in [0.15, 0.2) is 11.5 Å². The molecule has 0 unspecified atom stereocenters. The Morgan fingerprint density at radius 1 is 1.36 bits per heavy atom. The number of nitrogens with zero attached hydrogens (tertiary/aromatic N) is 2. The average molecular weight is 444 g/mol. The van der Waals surface area contributed by atoms with Crippen LogP contribution in [0.3, 0.4) is 0 Å². The van der Waals surface area contributed by atoms with Gasteiger partial charge >= 0.3 is 0 Å². The smallest absolute Gasteiger partial charge is 0.274 e. The molecule has 6 nitrogen and oxygen atoms in total. The molecule has 0 fully saturated rings. The third-order valence-electron chi connectivity index (χ3n) is 3.39. The molecule has 0 radical (unpaired) electrons. The largest absolute Gasteiger partial charge is 0.490 e. The van der Waals surface area contributed by atoms with Gasteiger partial charge in [-0.25, -0.2) is 9.82 Å². The van der Waals surface area contributed by atoms with Gasteiger partial charge in [-0.15, -0.1) is 6.42 Å². The minimum atomic E-state index is -0.804. The lowest BCUT2D eigenvalue weighted by atomic mass is 10.1. The summed E-state index contributed by atoms with van der Waals surface area (Å²) in [6, 6.07) is 8.69. The fourth-order valence-electron chi connectivity index (χ4n) is 2.14. The van der Waals surface area contributed by atoms with E-state index in [1.807, 2.05) is 6.92 Å². The Hall–Kier alpha value is -3.36. The first kappa shape index (κ1) is 20.9. The predicted molar refractivity (Wildman–Crippen MR) is 106 cm³/mol. The van der Waals surface area contributed by atoms with Crippen molar-refractivity contribution in [3.8, 4) is 29.9 Å². The fourth-order valence-corrected chi connectivity index (χ4v) is 2.56. The van der Waals surface area contributed by atoms with E-state index in [1.165, 1.54) is 18.3 Å². The monoisotopic (exact) mass is 443 g/mol. The topological polar surface area (TPSA) is 83.7 Å². The first-order valence-electron chi connectivity index (χ1n) is 8.05. The van der Waals surface area contributed by atoms with E-state index in [0.717, 1.165) is 6.07 Å². The van der Waals surface area contributed by atoms with Crippen LogP contribution in [-0.4, -0.2) is 25.3 Å². The molecule has 8 heteroatoms. The van der Waals surface area contributed by atoms with Crippen molar-refractivity contribution in [3.05, 3.63) is 57.3 Å². The highest BCUT2D eigenvalue weighted by atomic mass is 79.9. The van der Waals surface area contributed by atoms with E-state index in [4.69, 9.17) is 21.2 Å². The second-order valence-electron chi connectivity index (χ2n) is 5.25. The van der Waals surface area contributed by atoms with E-state index in [1.54, 1.807) is 18.2 Å². The van der Waals surface area contributed by atoms with Crippen LogP contribution in [0.25, 0.3) is 0 Å². The number of nitrogens with one attached hydrogen (secondary N) is 1. The number of hydrazone groups is 1. The highest BCUT2D eigenvalue weighted by Gasteiger charge is 2.12. The van der Waals surface area contributed by atoms with Crippen molar-refractivity contribution in [1.82, 2.24) is 5.43 Å². The van der Waals surface area contributed by atoms with Crippen molar-refractivity contribution in [3.63, 3.8) is 0 Å². The molecule has 1 amide bonds. The molecule has 0 atom stereocenters. The maximum absolute atomic E-state index is 13.9. The molecule has 0 saturated heterocycles. The lowest BCUT2D eigenvalue weighted by Crippen LogP contribution is -2.19. The van der Waals surface area contributed by atoms with Crippen LogP contribution in [0.2, 0.25) is 0 Å². The quantitative estimate of drug-likeness (QED) is 0.402. The number of nitriles is 1. The van der Waals surface area contributed by atoms with E-state index in [2.05, 4.69) is 32.4 Å². The fraction of sp³-hybridized carbons (Fsp3) is 0.150. The van der Waals surface area contributed by atoms with Gasteiger partial charge in [-0.05, 0) is 53.2 Å². The van der Waals surface area contributed by atoms with Gasteiger partial charge in [-0.2, -0.15) is 10.4 Å². The molecule has 2 rings (SSSR count). The van der Waals surface area contributed by atoms with Crippen molar-refractivity contribution >= 4 is 28.1 Å².